The number of pyridine rings is 1. The maximum absolute atomic E-state index is 12.8. The molecule has 1 rings (SSSR count). The maximum atomic E-state index is 12.8. The van der Waals surface area contributed by atoms with Crippen LogP contribution in [-0.4, -0.2) is 28.1 Å². The van der Waals surface area contributed by atoms with Gasteiger partial charge in [0.25, 0.3) is 6.43 Å². The van der Waals surface area contributed by atoms with Crippen molar-refractivity contribution in [1.29, 1.82) is 0 Å². The highest BCUT2D eigenvalue weighted by atomic mass is 19.3. The first-order valence-corrected chi connectivity index (χ1v) is 4.59. The van der Waals surface area contributed by atoms with Gasteiger partial charge in [-0.1, -0.05) is 0 Å². The Morgan fingerprint density at radius 2 is 2.28 bits per heavy atom. The molecule has 0 aliphatic carbocycles. The SMILES string of the molecule is COc1cc([N+](=O)[O-])nc(CC(=O)O)c1C(F)F. The van der Waals surface area contributed by atoms with Gasteiger partial charge in [-0.3, -0.25) is 4.79 Å². The third kappa shape index (κ3) is 2.87. The number of aliphatic carboxylic acids is 1. The number of hydrogen-bond donors (Lipinski definition) is 1. The lowest BCUT2D eigenvalue weighted by atomic mass is 10.1. The molecular weight excluding hydrogens is 254 g/mol. The molecular formula is C9H8F2N2O5. The number of carbonyl (C=O) groups is 1. The first kappa shape index (κ1) is 13.7. The zero-order valence-electron chi connectivity index (χ0n) is 9.09. The number of methoxy groups -OCH3 is 1. The van der Waals surface area contributed by atoms with Gasteiger partial charge in [0.1, 0.15) is 17.7 Å². The van der Waals surface area contributed by atoms with Crippen LogP contribution in [-0.2, 0) is 11.2 Å². The number of hydrogen-bond acceptors (Lipinski definition) is 5. The molecule has 0 aliphatic rings. The van der Waals surface area contributed by atoms with E-state index in [0.717, 1.165) is 13.2 Å². The first-order chi connectivity index (χ1) is 8.36. The van der Waals surface area contributed by atoms with E-state index in [9.17, 15) is 23.7 Å². The molecule has 0 spiro atoms. The quantitative estimate of drug-likeness (QED) is 0.638. The van der Waals surface area contributed by atoms with Crippen molar-refractivity contribution in [3.8, 4) is 5.75 Å². The van der Waals surface area contributed by atoms with Gasteiger partial charge in [-0.25, -0.2) is 8.78 Å². The van der Waals surface area contributed by atoms with Crippen LogP contribution in [0.2, 0.25) is 0 Å². The Morgan fingerprint density at radius 1 is 1.67 bits per heavy atom. The lowest BCUT2D eigenvalue weighted by molar-refractivity contribution is -0.389. The maximum Gasteiger partial charge on any atom is 0.367 e. The molecule has 9 heteroatoms. The van der Waals surface area contributed by atoms with E-state index >= 15 is 0 Å². The van der Waals surface area contributed by atoms with Crippen molar-refractivity contribution in [2.45, 2.75) is 12.8 Å². The topological polar surface area (TPSA) is 103 Å². The number of ether oxygens (including phenoxy) is 1. The highest BCUT2D eigenvalue weighted by molar-refractivity contribution is 5.70. The Kier molecular flexibility index (Phi) is 4.08. The van der Waals surface area contributed by atoms with Crippen molar-refractivity contribution in [1.82, 2.24) is 4.98 Å². The zero-order chi connectivity index (χ0) is 13.9. The Hall–Kier alpha value is -2.32. The Bertz CT molecular complexity index is 492. The number of nitro groups is 1. The van der Waals surface area contributed by atoms with Crippen LogP contribution in [0.3, 0.4) is 0 Å². The van der Waals surface area contributed by atoms with Crippen molar-refractivity contribution < 1.29 is 28.3 Å². The summed E-state index contributed by atoms with van der Waals surface area (Å²) in [6, 6.07) is 0.729. The molecule has 1 heterocycles. The molecule has 7 nitrogen and oxygen atoms in total. The third-order valence-corrected chi connectivity index (χ3v) is 2.03. The lowest BCUT2D eigenvalue weighted by Crippen LogP contribution is -2.10. The van der Waals surface area contributed by atoms with Gasteiger partial charge in [0.05, 0.1) is 13.2 Å². The summed E-state index contributed by atoms with van der Waals surface area (Å²) in [6.07, 6.45) is -3.89. The minimum atomic E-state index is -3.04. The first-order valence-electron chi connectivity index (χ1n) is 4.59. The Balaban J connectivity index is 3.45. The summed E-state index contributed by atoms with van der Waals surface area (Å²) >= 11 is 0. The third-order valence-electron chi connectivity index (χ3n) is 2.03. The predicted octanol–water partition coefficient (Wildman–Crippen LogP) is 1.56. The number of halogens is 2. The van der Waals surface area contributed by atoms with Gasteiger partial charge < -0.3 is 20.0 Å². The Morgan fingerprint density at radius 3 is 2.67 bits per heavy atom. The van der Waals surface area contributed by atoms with Crippen LogP contribution in [0.4, 0.5) is 14.6 Å². The summed E-state index contributed by atoms with van der Waals surface area (Å²) in [5.41, 5.74) is -1.32. The van der Waals surface area contributed by atoms with Crippen LogP contribution in [0.25, 0.3) is 0 Å². The smallest absolute Gasteiger partial charge is 0.367 e. The molecule has 0 radical (unpaired) electrons. The van der Waals surface area contributed by atoms with E-state index < -0.39 is 46.6 Å². The second kappa shape index (κ2) is 5.34. The van der Waals surface area contributed by atoms with Crippen LogP contribution in [0.5, 0.6) is 5.75 Å². The van der Waals surface area contributed by atoms with Crippen LogP contribution < -0.4 is 4.74 Å². The fourth-order valence-electron chi connectivity index (χ4n) is 1.34. The predicted molar refractivity (Wildman–Crippen MR) is 53.7 cm³/mol. The molecule has 1 N–H and O–H groups in total. The van der Waals surface area contributed by atoms with E-state index in [1.165, 1.54) is 0 Å². The van der Waals surface area contributed by atoms with Gasteiger partial charge in [0.15, 0.2) is 5.69 Å². The average Bonchev–Trinajstić information content (AvgIpc) is 2.26. The van der Waals surface area contributed by atoms with Crippen molar-refractivity contribution >= 4 is 11.8 Å². The minimum Gasteiger partial charge on any atom is -0.496 e. The number of nitrogens with zero attached hydrogens (tertiary/aromatic N) is 2. The number of carboxylic acid groups (broad SMARTS) is 1. The molecule has 1 aromatic rings. The molecule has 0 fully saturated rings. The minimum absolute atomic E-state index is 0.456. The molecule has 0 amide bonds. The number of aromatic nitrogens is 1. The highest BCUT2D eigenvalue weighted by Crippen LogP contribution is 2.34. The van der Waals surface area contributed by atoms with Crippen LogP contribution >= 0.6 is 0 Å². The second-order valence-electron chi connectivity index (χ2n) is 3.17. The molecule has 0 aromatic carbocycles. The molecule has 0 aliphatic heterocycles. The molecule has 0 atom stereocenters. The van der Waals surface area contributed by atoms with E-state index in [-0.39, 0.29) is 0 Å². The molecule has 0 bridgehead atoms. The fraction of sp³-hybridized carbons (Fsp3) is 0.333. The molecule has 0 unspecified atom stereocenters. The fourth-order valence-corrected chi connectivity index (χ4v) is 1.34. The zero-order valence-corrected chi connectivity index (χ0v) is 9.09. The summed E-state index contributed by atoms with van der Waals surface area (Å²) in [7, 11) is 1.05. The summed E-state index contributed by atoms with van der Waals surface area (Å²) in [6.45, 7) is 0. The van der Waals surface area contributed by atoms with Gasteiger partial charge in [-0.05, 0) is 9.91 Å². The van der Waals surface area contributed by atoms with Crippen molar-refractivity contribution in [3.63, 3.8) is 0 Å². The van der Waals surface area contributed by atoms with E-state index in [1.54, 1.807) is 0 Å². The van der Waals surface area contributed by atoms with Gasteiger partial charge in [0, 0.05) is 0 Å². The summed E-state index contributed by atoms with van der Waals surface area (Å²) in [4.78, 5) is 23.5. The van der Waals surface area contributed by atoms with E-state index in [4.69, 9.17) is 5.11 Å². The average molecular weight is 262 g/mol. The van der Waals surface area contributed by atoms with Crippen LogP contribution in [0, 0.1) is 10.1 Å². The van der Waals surface area contributed by atoms with Crippen LogP contribution in [0.1, 0.15) is 17.7 Å². The second-order valence-corrected chi connectivity index (χ2v) is 3.17. The monoisotopic (exact) mass is 262 g/mol. The lowest BCUT2D eigenvalue weighted by Gasteiger charge is -2.08. The van der Waals surface area contributed by atoms with Crippen molar-refractivity contribution in [3.05, 3.63) is 27.4 Å². The van der Waals surface area contributed by atoms with Gasteiger partial charge in [-0.15, -0.1) is 0 Å². The van der Waals surface area contributed by atoms with E-state index in [0.29, 0.717) is 0 Å². The number of rotatable bonds is 5. The summed E-state index contributed by atoms with van der Waals surface area (Å²) in [5.74, 6) is -2.62. The summed E-state index contributed by atoms with van der Waals surface area (Å²) in [5, 5.41) is 19.1. The van der Waals surface area contributed by atoms with E-state index in [2.05, 4.69) is 9.72 Å². The van der Waals surface area contributed by atoms with Gasteiger partial charge >= 0.3 is 11.8 Å². The molecule has 98 valence electrons. The largest absolute Gasteiger partial charge is 0.496 e. The molecule has 1 aromatic heterocycles. The van der Waals surface area contributed by atoms with E-state index in [1.807, 2.05) is 0 Å². The van der Waals surface area contributed by atoms with Crippen LogP contribution in [0.15, 0.2) is 6.07 Å². The standard InChI is InChI=1S/C9H8F2N2O5/c1-18-5-3-6(13(16)17)12-4(2-7(14)15)8(5)9(10)11/h3,9H,2H2,1H3,(H,14,15). The van der Waals surface area contributed by atoms with Gasteiger partial charge in [-0.2, -0.15) is 0 Å². The summed E-state index contributed by atoms with van der Waals surface area (Å²) < 4.78 is 30.2. The van der Waals surface area contributed by atoms with Gasteiger partial charge in [0.2, 0.25) is 0 Å². The highest BCUT2D eigenvalue weighted by Gasteiger charge is 2.28. The molecule has 0 saturated heterocycles. The normalized spacial score (nSPS) is 10.4. The van der Waals surface area contributed by atoms with Crippen molar-refractivity contribution in [2.24, 2.45) is 0 Å². The Labute approximate surface area is 99.2 Å². The molecule has 0 saturated carbocycles. The number of carboxylic acids is 1. The number of alkyl halides is 2. The van der Waals surface area contributed by atoms with Crippen molar-refractivity contribution in [2.75, 3.05) is 7.11 Å². The molecule has 18 heavy (non-hydrogen) atoms.